The molecule has 8 rings (SSSR count). The molecule has 0 saturated heterocycles. The summed E-state index contributed by atoms with van der Waals surface area (Å²) in [6.07, 6.45) is 5.70. The van der Waals surface area contributed by atoms with Gasteiger partial charge in [-0.05, 0) is 102 Å². The SMILES string of the molecule is COC(=O)C[C@@H]1COc2cc(O[C@H]3CCc4ccc(Br)cc43)ccc21.O=C1CCc2ccc(Br)cc21.O[C@@H]1CCc2ccc(Br)cc21. The number of aryl methyl sites for hydroxylation is 3. The molecule has 0 aromatic heterocycles. The van der Waals surface area contributed by atoms with Gasteiger partial charge in [0.25, 0.3) is 0 Å². The zero-order valence-corrected chi connectivity index (χ0v) is 30.7. The minimum Gasteiger partial charge on any atom is -0.492 e. The van der Waals surface area contributed by atoms with Crippen LogP contribution in [0.5, 0.6) is 11.5 Å². The smallest absolute Gasteiger partial charge is 0.306 e. The maximum absolute atomic E-state index is 11.5. The number of benzene rings is 4. The molecule has 0 spiro atoms. The van der Waals surface area contributed by atoms with Crippen LogP contribution in [0.3, 0.4) is 0 Å². The van der Waals surface area contributed by atoms with Gasteiger partial charge in [0.05, 0.1) is 26.2 Å². The summed E-state index contributed by atoms with van der Waals surface area (Å²) in [5.74, 6) is 1.73. The molecule has 4 aliphatic rings. The van der Waals surface area contributed by atoms with E-state index in [-0.39, 0.29) is 29.9 Å². The van der Waals surface area contributed by atoms with Gasteiger partial charge in [-0.25, -0.2) is 0 Å². The number of ether oxygens (including phenoxy) is 3. The Morgan fingerprint density at radius 1 is 0.787 bits per heavy atom. The van der Waals surface area contributed by atoms with Gasteiger partial charge in [-0.15, -0.1) is 0 Å². The molecule has 4 aromatic rings. The number of carbonyl (C=O) groups is 2. The lowest BCUT2D eigenvalue weighted by Crippen LogP contribution is -2.09. The summed E-state index contributed by atoms with van der Waals surface area (Å²) in [5, 5.41) is 9.48. The van der Waals surface area contributed by atoms with Crippen LogP contribution in [0, 0.1) is 0 Å². The molecule has 9 heteroatoms. The molecular weight excluding hydrogens is 792 g/mol. The van der Waals surface area contributed by atoms with Gasteiger partial charge in [-0.3, -0.25) is 9.59 Å². The summed E-state index contributed by atoms with van der Waals surface area (Å²) in [4.78, 5) is 22.7. The fraction of sp³-hybridized carbons (Fsp3) is 0.316. The van der Waals surface area contributed by atoms with Gasteiger partial charge in [0, 0.05) is 43.0 Å². The van der Waals surface area contributed by atoms with Crippen LogP contribution in [0.4, 0.5) is 0 Å². The largest absolute Gasteiger partial charge is 0.492 e. The van der Waals surface area contributed by atoms with Crippen LogP contribution in [0.25, 0.3) is 0 Å². The Morgan fingerprint density at radius 2 is 1.45 bits per heavy atom. The normalized spacial score (nSPS) is 19.6. The van der Waals surface area contributed by atoms with E-state index in [2.05, 4.69) is 72.1 Å². The second-order valence-electron chi connectivity index (χ2n) is 12.1. The summed E-state index contributed by atoms with van der Waals surface area (Å²) in [6, 6.07) is 24.3. The van der Waals surface area contributed by atoms with E-state index < -0.39 is 0 Å². The number of rotatable bonds is 4. The van der Waals surface area contributed by atoms with Crippen molar-refractivity contribution in [1.82, 2.24) is 0 Å². The quantitative estimate of drug-likeness (QED) is 0.207. The number of hydrogen-bond acceptors (Lipinski definition) is 6. The lowest BCUT2D eigenvalue weighted by Gasteiger charge is -2.16. The van der Waals surface area contributed by atoms with Crippen molar-refractivity contribution in [1.29, 1.82) is 0 Å². The number of ketones is 1. The molecule has 3 aliphatic carbocycles. The minimum absolute atomic E-state index is 0.0552. The lowest BCUT2D eigenvalue weighted by molar-refractivity contribution is -0.141. The van der Waals surface area contributed by atoms with Crippen molar-refractivity contribution in [3.05, 3.63) is 125 Å². The third-order valence-corrected chi connectivity index (χ3v) is 10.5. The average Bonchev–Trinajstić information content (AvgIpc) is 3.84. The summed E-state index contributed by atoms with van der Waals surface area (Å²) in [5.41, 5.74) is 8.13. The van der Waals surface area contributed by atoms with Crippen LogP contribution in [0.15, 0.2) is 86.2 Å². The Kier molecular flexibility index (Phi) is 10.9. The molecule has 1 N–H and O–H groups in total. The van der Waals surface area contributed by atoms with Crippen molar-refractivity contribution in [3.63, 3.8) is 0 Å². The van der Waals surface area contributed by atoms with E-state index in [0.717, 1.165) is 73.7 Å². The molecular formula is C38H35Br3O6. The van der Waals surface area contributed by atoms with Crippen LogP contribution < -0.4 is 9.47 Å². The summed E-state index contributed by atoms with van der Waals surface area (Å²) < 4.78 is 19.9. The topological polar surface area (TPSA) is 82.1 Å². The van der Waals surface area contributed by atoms with Crippen molar-refractivity contribution in [3.8, 4) is 11.5 Å². The Hall–Kier alpha value is -2.98. The maximum Gasteiger partial charge on any atom is 0.306 e. The average molecular weight is 827 g/mol. The third-order valence-electron chi connectivity index (χ3n) is 9.06. The van der Waals surface area contributed by atoms with Gasteiger partial charge in [0.1, 0.15) is 17.6 Å². The Bertz CT molecular complexity index is 1800. The van der Waals surface area contributed by atoms with E-state index in [1.54, 1.807) is 0 Å². The predicted octanol–water partition coefficient (Wildman–Crippen LogP) is 9.56. The first-order valence-electron chi connectivity index (χ1n) is 15.7. The van der Waals surface area contributed by atoms with Gasteiger partial charge in [-0.1, -0.05) is 72.1 Å². The summed E-state index contributed by atoms with van der Waals surface area (Å²) >= 11 is 10.3. The first-order valence-corrected chi connectivity index (χ1v) is 18.1. The van der Waals surface area contributed by atoms with E-state index in [4.69, 9.17) is 14.2 Å². The fourth-order valence-corrected chi connectivity index (χ4v) is 7.68. The lowest BCUT2D eigenvalue weighted by atomic mass is 9.98. The first kappa shape index (κ1) is 33.9. The molecule has 0 unspecified atom stereocenters. The van der Waals surface area contributed by atoms with E-state index in [9.17, 15) is 14.7 Å². The molecule has 47 heavy (non-hydrogen) atoms. The summed E-state index contributed by atoms with van der Waals surface area (Å²) in [6.45, 7) is 0.507. The Balaban J connectivity index is 0.000000144. The number of aliphatic hydroxyl groups excluding tert-OH is 1. The number of methoxy groups -OCH3 is 1. The minimum atomic E-state index is -0.234. The van der Waals surface area contributed by atoms with Crippen molar-refractivity contribution < 1.29 is 28.9 Å². The van der Waals surface area contributed by atoms with Crippen LogP contribution in [-0.2, 0) is 28.8 Å². The highest BCUT2D eigenvalue weighted by molar-refractivity contribution is 9.11. The number of Topliss-reactive ketones (excluding diaryl/α,β-unsaturated/α-hetero) is 1. The van der Waals surface area contributed by atoms with Crippen molar-refractivity contribution >= 4 is 59.5 Å². The van der Waals surface area contributed by atoms with Gasteiger partial charge >= 0.3 is 5.97 Å². The first-order chi connectivity index (χ1) is 22.7. The highest BCUT2D eigenvalue weighted by atomic mass is 79.9. The van der Waals surface area contributed by atoms with Crippen LogP contribution >= 0.6 is 47.8 Å². The zero-order valence-electron chi connectivity index (χ0n) is 25.9. The van der Waals surface area contributed by atoms with Crippen LogP contribution in [-0.4, -0.2) is 30.6 Å². The second kappa shape index (κ2) is 15.1. The van der Waals surface area contributed by atoms with E-state index >= 15 is 0 Å². The molecule has 1 heterocycles. The molecule has 6 nitrogen and oxygen atoms in total. The number of esters is 1. The van der Waals surface area contributed by atoms with Crippen molar-refractivity contribution in [2.75, 3.05) is 13.7 Å². The number of aliphatic hydroxyl groups is 1. The van der Waals surface area contributed by atoms with Gasteiger partial charge in [-0.2, -0.15) is 0 Å². The summed E-state index contributed by atoms with van der Waals surface area (Å²) in [7, 11) is 1.41. The van der Waals surface area contributed by atoms with E-state index in [0.29, 0.717) is 19.4 Å². The number of hydrogen-bond donors (Lipinski definition) is 1. The molecule has 244 valence electrons. The molecule has 4 aromatic carbocycles. The number of halogens is 3. The standard InChI is InChI=1S/C20H19BrO4.C9H9BrO.C9H7BrO/c1-23-20(22)8-13-11-24-19-10-15(5-6-16(13)19)25-18-7-3-12-2-4-14(21)9-17(12)18;2*10-7-3-1-6-2-4-9(11)8(6)5-7/h2,4-6,9-10,13,18H,3,7-8,11H2,1H3;1,3,5,9,11H,2,4H2;1,3,5H,2,4H2/t13-,18+;9-;/m11./s1. The molecule has 1 aliphatic heterocycles. The highest BCUT2D eigenvalue weighted by Crippen LogP contribution is 2.41. The molecule has 0 amide bonds. The van der Waals surface area contributed by atoms with Crippen molar-refractivity contribution in [2.24, 2.45) is 0 Å². The number of fused-ring (bicyclic) bond motifs is 4. The third kappa shape index (κ3) is 8.02. The molecule has 0 radical (unpaired) electrons. The Morgan fingerprint density at radius 3 is 2.19 bits per heavy atom. The second-order valence-corrected chi connectivity index (χ2v) is 14.8. The highest BCUT2D eigenvalue weighted by Gasteiger charge is 2.29. The van der Waals surface area contributed by atoms with E-state index in [1.165, 1.54) is 29.4 Å². The molecule has 3 atom stereocenters. The van der Waals surface area contributed by atoms with Crippen LogP contribution in [0.1, 0.15) is 87.5 Å². The number of carbonyl (C=O) groups excluding carboxylic acids is 2. The maximum atomic E-state index is 11.5. The molecule has 0 fully saturated rings. The van der Waals surface area contributed by atoms with E-state index in [1.807, 2.05) is 48.5 Å². The van der Waals surface area contributed by atoms with Gasteiger partial charge < -0.3 is 19.3 Å². The Labute approximate surface area is 300 Å². The predicted molar refractivity (Wildman–Crippen MR) is 191 cm³/mol. The fourth-order valence-electron chi connectivity index (χ4n) is 6.57. The van der Waals surface area contributed by atoms with Crippen molar-refractivity contribution in [2.45, 2.75) is 63.1 Å². The molecule has 0 saturated carbocycles. The van der Waals surface area contributed by atoms with Gasteiger partial charge in [0.15, 0.2) is 5.78 Å². The molecule has 0 bridgehead atoms. The zero-order chi connectivity index (χ0) is 33.1. The van der Waals surface area contributed by atoms with Gasteiger partial charge in [0.2, 0.25) is 0 Å². The van der Waals surface area contributed by atoms with Crippen LogP contribution in [0.2, 0.25) is 0 Å². The monoisotopic (exact) mass is 824 g/mol.